The number of aliphatic carboxylic acids is 2. The Bertz CT molecular complexity index is 1070. The summed E-state index contributed by atoms with van der Waals surface area (Å²) < 4.78 is 4.67. The fourth-order valence-electron chi connectivity index (χ4n) is 1.97. The number of ketones is 3. The molecule has 0 aromatic heterocycles. The van der Waals surface area contributed by atoms with Gasteiger partial charge >= 0.3 is 17.9 Å². The number of nitrogens with zero attached hydrogens (tertiary/aromatic N) is 1. The van der Waals surface area contributed by atoms with E-state index in [4.69, 9.17) is 10.2 Å². The molecule has 3 N–H and O–H groups in total. The first-order chi connectivity index (χ1) is 28.0. The van der Waals surface area contributed by atoms with Gasteiger partial charge in [0.2, 0.25) is 0 Å². The lowest BCUT2D eigenvalue weighted by Gasteiger charge is -2.17. The molecule has 380 valence electrons. The van der Waals surface area contributed by atoms with Gasteiger partial charge in [-0.15, -0.1) is 6.58 Å². The summed E-state index contributed by atoms with van der Waals surface area (Å²) in [5.74, 6) is 2.94. The van der Waals surface area contributed by atoms with Crippen molar-refractivity contribution in [2.24, 2.45) is 41.4 Å². The maximum absolute atomic E-state index is 10.6. The van der Waals surface area contributed by atoms with E-state index in [1.165, 1.54) is 6.08 Å². The highest BCUT2D eigenvalue weighted by Crippen LogP contribution is 2.02. The van der Waals surface area contributed by atoms with Crippen molar-refractivity contribution in [1.82, 2.24) is 10.2 Å². The van der Waals surface area contributed by atoms with Crippen molar-refractivity contribution < 1.29 is 43.7 Å². The van der Waals surface area contributed by atoms with Crippen LogP contribution in [0.1, 0.15) is 186 Å². The number of esters is 1. The average molecular weight is 905 g/mol. The van der Waals surface area contributed by atoms with Crippen molar-refractivity contribution in [3.05, 3.63) is 37.0 Å². The Balaban J connectivity index is -0.0000000635. The molecule has 0 bridgehead atoms. The zero-order chi connectivity index (χ0) is 51.7. The van der Waals surface area contributed by atoms with Gasteiger partial charge < -0.3 is 25.1 Å². The largest absolute Gasteiger partial charge is 0.480 e. The first-order valence-corrected chi connectivity index (χ1v) is 22.5. The molecular weight excluding hydrogens is 797 g/mol. The SMILES string of the molecule is C.C=CC(C)C.CC(=O)/C=C/C(C)C.CC(=O)C(C)C.CC(=O)CCC(C)C.CC(C)C.CC(C)C.CC(C)N(C)CC(=O)O.CC(C)NCC(=O)O.CCOC(=O)/C=C/C(C)C. The summed E-state index contributed by atoms with van der Waals surface area (Å²) in [4.78, 5) is 63.1. The molecule has 63 heavy (non-hydrogen) atoms. The van der Waals surface area contributed by atoms with Crippen LogP contribution in [0.4, 0.5) is 0 Å². The predicted molar refractivity (Wildman–Crippen MR) is 275 cm³/mol. The highest BCUT2D eigenvalue weighted by atomic mass is 16.5. The molecule has 0 aromatic carbocycles. The molecule has 0 aliphatic rings. The molecule has 0 saturated carbocycles. The Kier molecular flexibility index (Phi) is 80.1. The highest BCUT2D eigenvalue weighted by Gasteiger charge is 2.06. The van der Waals surface area contributed by atoms with Gasteiger partial charge in [0, 0.05) is 30.5 Å². The monoisotopic (exact) mass is 905 g/mol. The molecule has 11 heteroatoms. The number of carbonyl (C=O) groups is 6. The van der Waals surface area contributed by atoms with E-state index in [9.17, 15) is 28.8 Å². The molecule has 0 radical (unpaired) electrons. The Hall–Kier alpha value is -3.44. The molecule has 0 amide bonds. The third-order valence-corrected chi connectivity index (χ3v) is 5.91. The molecule has 0 atom stereocenters. The number of Topliss-reactive ketones (excluding diaryl/α,β-unsaturated/α-hetero) is 2. The Labute approximate surface area is 391 Å². The summed E-state index contributed by atoms with van der Waals surface area (Å²) in [5.41, 5.74) is 0. The summed E-state index contributed by atoms with van der Waals surface area (Å²) in [7, 11) is 1.79. The lowest BCUT2D eigenvalue weighted by Crippen LogP contribution is -2.31. The van der Waals surface area contributed by atoms with E-state index in [2.05, 4.69) is 85.9 Å². The summed E-state index contributed by atoms with van der Waals surface area (Å²) in [6.07, 6.45) is 10.5. The van der Waals surface area contributed by atoms with E-state index in [-0.39, 0.29) is 50.0 Å². The quantitative estimate of drug-likeness (QED) is 0.0766. The van der Waals surface area contributed by atoms with Gasteiger partial charge in [-0.1, -0.05) is 150 Å². The van der Waals surface area contributed by atoms with E-state index < -0.39 is 11.9 Å². The van der Waals surface area contributed by atoms with Crippen LogP contribution in [-0.2, 0) is 33.5 Å². The normalized spacial score (nSPS) is 9.89. The number of allylic oxidation sites excluding steroid dienone is 4. The molecule has 0 rings (SSSR count). The maximum atomic E-state index is 10.6. The van der Waals surface area contributed by atoms with Crippen LogP contribution in [0.15, 0.2) is 37.0 Å². The third kappa shape index (κ3) is 166. The number of carboxylic acids is 2. The second-order valence-electron chi connectivity index (χ2n) is 18.2. The molecule has 0 saturated heterocycles. The van der Waals surface area contributed by atoms with E-state index in [0.29, 0.717) is 42.1 Å². The molecule has 0 aliphatic heterocycles. The smallest absolute Gasteiger partial charge is 0.330 e. The van der Waals surface area contributed by atoms with Gasteiger partial charge in [-0.25, -0.2) is 4.79 Å². The van der Waals surface area contributed by atoms with Crippen LogP contribution in [0.25, 0.3) is 0 Å². The van der Waals surface area contributed by atoms with Gasteiger partial charge in [0.1, 0.15) is 11.6 Å². The minimum Gasteiger partial charge on any atom is -0.480 e. The first kappa shape index (κ1) is 83.2. The predicted octanol–water partition coefficient (Wildman–Crippen LogP) is 13.1. The number of carbonyl (C=O) groups excluding carboxylic acids is 4. The standard InChI is InChI=1S/C8H14O2.C7H14O.C7H12O.C6H13NO2.C5H11NO2.C5H10O.C5H10.2C4H10.CH4/c1-4-10-8(9)6-5-7(2)3;2*1-6(2)4-5-7(3)8;1-5(2)7(3)4-6(8)9;1-4(2)6-3-5(7)8;1-4(2)5(3)6;1-4-5(2)3;2*1-4(2)3;/h5-7H,4H2,1-3H3;6H,4-5H2,1-3H3;4-6H,1-3H3;5H,4H2,1-3H3,(H,8,9);4,6H,3H2,1-2H3,(H,7,8);4H,1-3H3;4-5H,1H2,2-3H3;2*4H,1-3H3;1H4/b6-5+;;5-4+;;;;;;;. The second kappa shape index (κ2) is 60.6. The van der Waals surface area contributed by atoms with Crippen LogP contribution in [0.2, 0.25) is 0 Å². The molecular formula is C52H108N2O9. The zero-order valence-corrected chi connectivity index (χ0v) is 45.0. The van der Waals surface area contributed by atoms with Crippen molar-refractivity contribution in [2.45, 2.75) is 199 Å². The van der Waals surface area contributed by atoms with E-state index in [0.717, 1.165) is 24.7 Å². The van der Waals surface area contributed by atoms with Gasteiger partial charge in [-0.2, -0.15) is 0 Å². The maximum Gasteiger partial charge on any atom is 0.330 e. The molecule has 0 spiro atoms. The molecule has 0 heterocycles. The van der Waals surface area contributed by atoms with Gasteiger partial charge in [0.15, 0.2) is 5.78 Å². The zero-order valence-electron chi connectivity index (χ0n) is 45.0. The number of hydrogen-bond acceptors (Lipinski definition) is 9. The Morgan fingerprint density at radius 2 is 1.00 bits per heavy atom. The Morgan fingerprint density at radius 1 is 0.651 bits per heavy atom. The van der Waals surface area contributed by atoms with Crippen molar-refractivity contribution in [1.29, 1.82) is 0 Å². The number of nitrogens with one attached hydrogen (secondary N) is 1. The van der Waals surface area contributed by atoms with Crippen LogP contribution in [0.3, 0.4) is 0 Å². The number of ether oxygens (including phenoxy) is 1. The lowest BCUT2D eigenvalue weighted by molar-refractivity contribution is -0.139. The van der Waals surface area contributed by atoms with E-state index in [1.807, 2.05) is 87.5 Å². The Morgan fingerprint density at radius 3 is 1.13 bits per heavy atom. The lowest BCUT2D eigenvalue weighted by atomic mass is 10.1. The van der Waals surface area contributed by atoms with Crippen molar-refractivity contribution in [3.63, 3.8) is 0 Å². The average Bonchev–Trinajstić information content (AvgIpc) is 3.09. The minimum atomic E-state index is -0.807. The van der Waals surface area contributed by atoms with Crippen LogP contribution in [0, 0.1) is 41.4 Å². The fourth-order valence-corrected chi connectivity index (χ4v) is 1.97. The van der Waals surface area contributed by atoms with Gasteiger partial charge in [0.25, 0.3) is 0 Å². The summed E-state index contributed by atoms with van der Waals surface area (Å²) in [5, 5.41) is 19.1. The molecule has 0 unspecified atom stereocenters. The third-order valence-electron chi connectivity index (χ3n) is 5.91. The second-order valence-corrected chi connectivity index (χ2v) is 18.2. The van der Waals surface area contributed by atoms with Crippen molar-refractivity contribution >= 4 is 35.3 Å². The van der Waals surface area contributed by atoms with E-state index in [1.54, 1.807) is 45.7 Å². The first-order valence-electron chi connectivity index (χ1n) is 22.5. The van der Waals surface area contributed by atoms with Crippen LogP contribution < -0.4 is 5.32 Å². The molecule has 0 fully saturated rings. The summed E-state index contributed by atoms with van der Waals surface area (Å²) in [6, 6.07) is 0.562. The topological polar surface area (TPSA) is 167 Å². The molecule has 0 aromatic rings. The van der Waals surface area contributed by atoms with Crippen molar-refractivity contribution in [3.8, 4) is 0 Å². The summed E-state index contributed by atoms with van der Waals surface area (Å²) in [6.45, 7) is 51.9. The molecule has 11 nitrogen and oxygen atoms in total. The van der Waals surface area contributed by atoms with Gasteiger partial charge in [-0.3, -0.25) is 24.1 Å². The van der Waals surface area contributed by atoms with Gasteiger partial charge in [-0.05, 0) is 96.6 Å². The van der Waals surface area contributed by atoms with E-state index >= 15 is 0 Å². The number of carboxylic acid groups (broad SMARTS) is 2. The number of likely N-dealkylation sites (N-methyl/N-ethyl adjacent to an activating group) is 1. The highest BCUT2D eigenvalue weighted by molar-refractivity contribution is 5.87. The fraction of sp³-hybridized carbons (Fsp3) is 0.769. The minimum absolute atomic E-state index is 0. The van der Waals surface area contributed by atoms with Crippen LogP contribution in [-0.4, -0.2) is 89.2 Å². The van der Waals surface area contributed by atoms with Crippen molar-refractivity contribution in [2.75, 3.05) is 26.7 Å². The summed E-state index contributed by atoms with van der Waals surface area (Å²) >= 11 is 0. The van der Waals surface area contributed by atoms with Crippen LogP contribution >= 0.6 is 0 Å². The number of rotatable bonds is 16. The molecule has 0 aliphatic carbocycles. The van der Waals surface area contributed by atoms with Gasteiger partial charge in [0.05, 0.1) is 19.7 Å². The van der Waals surface area contributed by atoms with Crippen LogP contribution in [0.5, 0.6) is 0 Å². The number of hydrogen-bond donors (Lipinski definition) is 3.